The lowest BCUT2D eigenvalue weighted by atomic mass is 9.92. The third-order valence-electron chi connectivity index (χ3n) is 5.69. The SMILES string of the molecule is Cc1ccc(C)n1C1CCC(OCc2ccc(COC(=O)NC(C)(C)C)cc2)CC1. The van der Waals surface area contributed by atoms with Crippen molar-refractivity contribution in [1.82, 2.24) is 9.88 Å². The number of rotatable bonds is 6. The van der Waals surface area contributed by atoms with Gasteiger partial charge in [0.1, 0.15) is 6.61 Å². The van der Waals surface area contributed by atoms with Gasteiger partial charge < -0.3 is 19.4 Å². The summed E-state index contributed by atoms with van der Waals surface area (Å²) >= 11 is 0. The molecule has 30 heavy (non-hydrogen) atoms. The van der Waals surface area contributed by atoms with Gasteiger partial charge in [0.15, 0.2) is 0 Å². The van der Waals surface area contributed by atoms with Gasteiger partial charge in [0.2, 0.25) is 0 Å². The average Bonchev–Trinajstić information content (AvgIpc) is 3.03. The number of hydrogen-bond donors (Lipinski definition) is 1. The number of nitrogens with zero attached hydrogens (tertiary/aromatic N) is 1. The van der Waals surface area contributed by atoms with E-state index < -0.39 is 6.09 Å². The number of ether oxygens (including phenoxy) is 2. The molecule has 1 heterocycles. The highest BCUT2D eigenvalue weighted by Gasteiger charge is 2.24. The zero-order valence-corrected chi connectivity index (χ0v) is 19.0. The van der Waals surface area contributed by atoms with Gasteiger partial charge in [0.25, 0.3) is 0 Å². The number of benzene rings is 1. The van der Waals surface area contributed by atoms with Crippen molar-refractivity contribution in [3.05, 3.63) is 58.9 Å². The van der Waals surface area contributed by atoms with Gasteiger partial charge in [-0.25, -0.2) is 4.79 Å². The molecule has 3 rings (SSSR count). The van der Waals surface area contributed by atoms with E-state index in [1.807, 2.05) is 32.9 Å². The highest BCUT2D eigenvalue weighted by Crippen LogP contribution is 2.32. The van der Waals surface area contributed by atoms with Gasteiger partial charge >= 0.3 is 6.09 Å². The molecule has 1 aliphatic rings. The topological polar surface area (TPSA) is 52.5 Å². The highest BCUT2D eigenvalue weighted by molar-refractivity contribution is 5.68. The molecule has 0 atom stereocenters. The smallest absolute Gasteiger partial charge is 0.407 e. The minimum Gasteiger partial charge on any atom is -0.445 e. The Kier molecular flexibility index (Phi) is 7.24. The third kappa shape index (κ3) is 6.36. The molecule has 0 radical (unpaired) electrons. The molecule has 1 aliphatic carbocycles. The van der Waals surface area contributed by atoms with Crippen molar-refractivity contribution in [3.8, 4) is 0 Å². The van der Waals surface area contributed by atoms with Crippen LogP contribution in [0, 0.1) is 13.8 Å². The number of aryl methyl sites for hydroxylation is 2. The molecular formula is C25H36N2O3. The van der Waals surface area contributed by atoms with Crippen LogP contribution >= 0.6 is 0 Å². The molecule has 164 valence electrons. The van der Waals surface area contributed by atoms with E-state index in [2.05, 4.69) is 48.0 Å². The lowest BCUT2D eigenvalue weighted by Crippen LogP contribution is -2.40. The molecule has 1 aromatic carbocycles. The Morgan fingerprint density at radius 2 is 1.47 bits per heavy atom. The van der Waals surface area contributed by atoms with Gasteiger partial charge in [-0.3, -0.25) is 0 Å². The number of carbonyl (C=O) groups is 1. The monoisotopic (exact) mass is 412 g/mol. The van der Waals surface area contributed by atoms with Gasteiger partial charge in [-0.2, -0.15) is 0 Å². The van der Waals surface area contributed by atoms with Crippen molar-refractivity contribution in [3.63, 3.8) is 0 Å². The number of alkyl carbamates (subject to hydrolysis) is 1. The van der Waals surface area contributed by atoms with Crippen LogP contribution in [0.25, 0.3) is 0 Å². The van der Waals surface area contributed by atoms with Crippen LogP contribution in [0.4, 0.5) is 4.79 Å². The van der Waals surface area contributed by atoms with Gasteiger partial charge in [-0.1, -0.05) is 24.3 Å². The van der Waals surface area contributed by atoms with Gasteiger partial charge in [-0.15, -0.1) is 0 Å². The Balaban J connectivity index is 1.40. The largest absolute Gasteiger partial charge is 0.445 e. The number of nitrogens with one attached hydrogen (secondary N) is 1. The first-order chi connectivity index (χ1) is 14.2. The Hall–Kier alpha value is -2.27. The van der Waals surface area contributed by atoms with Crippen molar-refractivity contribution in [2.75, 3.05) is 0 Å². The summed E-state index contributed by atoms with van der Waals surface area (Å²) in [5.74, 6) is 0. The summed E-state index contributed by atoms with van der Waals surface area (Å²) in [6, 6.07) is 13.1. The first-order valence-corrected chi connectivity index (χ1v) is 11.0. The molecule has 0 bridgehead atoms. The number of carbonyl (C=O) groups excluding carboxylic acids is 1. The van der Waals surface area contributed by atoms with Crippen LogP contribution in [0.3, 0.4) is 0 Å². The second-order valence-electron chi connectivity index (χ2n) is 9.50. The van der Waals surface area contributed by atoms with Gasteiger partial charge in [0.05, 0.1) is 12.7 Å². The predicted octanol–water partition coefficient (Wildman–Crippen LogP) is 5.83. The molecule has 0 unspecified atom stereocenters. The average molecular weight is 413 g/mol. The number of hydrogen-bond acceptors (Lipinski definition) is 3. The Labute approximate surface area is 180 Å². The Morgan fingerprint density at radius 3 is 2.00 bits per heavy atom. The lowest BCUT2D eigenvalue weighted by molar-refractivity contribution is 0.00815. The fraction of sp³-hybridized carbons (Fsp3) is 0.560. The maximum atomic E-state index is 11.8. The van der Waals surface area contributed by atoms with Gasteiger partial charge in [-0.05, 0) is 83.6 Å². The second kappa shape index (κ2) is 9.69. The Bertz CT molecular complexity index is 806. The van der Waals surface area contributed by atoms with E-state index in [9.17, 15) is 4.79 Å². The molecular weight excluding hydrogens is 376 g/mol. The summed E-state index contributed by atoms with van der Waals surface area (Å²) in [5.41, 5.74) is 4.54. The molecule has 1 amide bonds. The molecule has 0 saturated heterocycles. The Morgan fingerprint density at radius 1 is 0.933 bits per heavy atom. The fourth-order valence-electron chi connectivity index (χ4n) is 4.16. The zero-order chi connectivity index (χ0) is 21.7. The molecule has 1 fully saturated rings. The van der Waals surface area contributed by atoms with Crippen molar-refractivity contribution in [2.45, 2.75) is 91.2 Å². The standard InChI is InChI=1S/C25H36N2O3/c1-18-6-7-19(2)27(18)22-12-14-23(15-13-22)29-16-20-8-10-21(11-9-20)17-30-24(28)26-25(3,4)5/h6-11,22-23H,12-17H2,1-5H3,(H,26,28). The summed E-state index contributed by atoms with van der Waals surface area (Å²) in [6.07, 6.45) is 4.51. The van der Waals surface area contributed by atoms with Crippen molar-refractivity contribution in [1.29, 1.82) is 0 Å². The molecule has 1 N–H and O–H groups in total. The fourth-order valence-corrected chi connectivity index (χ4v) is 4.16. The molecule has 0 aliphatic heterocycles. The maximum absolute atomic E-state index is 11.8. The first-order valence-electron chi connectivity index (χ1n) is 11.0. The van der Waals surface area contributed by atoms with E-state index in [0.717, 1.165) is 24.0 Å². The van der Waals surface area contributed by atoms with Crippen LogP contribution in [-0.4, -0.2) is 22.3 Å². The summed E-state index contributed by atoms with van der Waals surface area (Å²) in [4.78, 5) is 11.8. The minimum absolute atomic E-state index is 0.269. The molecule has 0 spiro atoms. The third-order valence-corrected chi connectivity index (χ3v) is 5.69. The van der Waals surface area contributed by atoms with Crippen LogP contribution in [0.15, 0.2) is 36.4 Å². The van der Waals surface area contributed by atoms with Crippen LogP contribution in [-0.2, 0) is 22.7 Å². The summed E-state index contributed by atoms with van der Waals surface area (Å²) in [6.45, 7) is 11.1. The normalized spacial score (nSPS) is 19.5. The van der Waals surface area contributed by atoms with Crippen LogP contribution in [0.1, 0.15) is 75.0 Å². The molecule has 1 aromatic heterocycles. The van der Waals surface area contributed by atoms with Crippen LogP contribution < -0.4 is 5.32 Å². The summed E-state index contributed by atoms with van der Waals surface area (Å²) < 4.78 is 13.9. The molecule has 5 nitrogen and oxygen atoms in total. The molecule has 1 saturated carbocycles. The lowest BCUT2D eigenvalue weighted by Gasteiger charge is -2.31. The quantitative estimate of drug-likeness (QED) is 0.649. The second-order valence-corrected chi connectivity index (χ2v) is 9.50. The van der Waals surface area contributed by atoms with Crippen LogP contribution in [0.2, 0.25) is 0 Å². The predicted molar refractivity (Wildman–Crippen MR) is 120 cm³/mol. The van der Waals surface area contributed by atoms with E-state index in [4.69, 9.17) is 9.47 Å². The molecule has 5 heteroatoms. The summed E-state index contributed by atoms with van der Waals surface area (Å²) in [7, 11) is 0. The van der Waals surface area contributed by atoms with E-state index in [1.54, 1.807) is 0 Å². The first kappa shape index (κ1) is 22.4. The van der Waals surface area contributed by atoms with Crippen molar-refractivity contribution in [2.24, 2.45) is 0 Å². The van der Waals surface area contributed by atoms with E-state index in [0.29, 0.717) is 18.8 Å². The number of amides is 1. The maximum Gasteiger partial charge on any atom is 0.407 e. The number of aromatic nitrogens is 1. The zero-order valence-electron chi connectivity index (χ0n) is 19.0. The molecule has 2 aromatic rings. The van der Waals surface area contributed by atoms with Gasteiger partial charge in [0, 0.05) is 23.0 Å². The van der Waals surface area contributed by atoms with E-state index in [-0.39, 0.29) is 12.1 Å². The highest BCUT2D eigenvalue weighted by atomic mass is 16.5. The van der Waals surface area contributed by atoms with E-state index >= 15 is 0 Å². The van der Waals surface area contributed by atoms with E-state index in [1.165, 1.54) is 24.2 Å². The van der Waals surface area contributed by atoms with Crippen molar-refractivity contribution < 1.29 is 14.3 Å². The van der Waals surface area contributed by atoms with Crippen LogP contribution in [0.5, 0.6) is 0 Å². The minimum atomic E-state index is -0.393. The summed E-state index contributed by atoms with van der Waals surface area (Å²) in [5, 5.41) is 2.79. The van der Waals surface area contributed by atoms with Crippen molar-refractivity contribution >= 4 is 6.09 Å².